The van der Waals surface area contributed by atoms with E-state index in [-0.39, 0.29) is 4.21 Å². The highest BCUT2D eigenvalue weighted by Gasteiger charge is 2.27. The maximum absolute atomic E-state index is 12.7. The molecule has 2 aromatic rings. The first kappa shape index (κ1) is 15.2. The molecule has 108 valence electrons. The van der Waals surface area contributed by atoms with Crippen molar-refractivity contribution >= 4 is 44.3 Å². The molecule has 0 bridgehead atoms. The molecule has 0 aliphatic rings. The van der Waals surface area contributed by atoms with E-state index in [0.717, 1.165) is 16.9 Å². The van der Waals surface area contributed by atoms with Crippen LogP contribution in [0.3, 0.4) is 0 Å². The third kappa shape index (κ3) is 2.63. The Morgan fingerprint density at radius 3 is 2.50 bits per heavy atom. The standard InChI is InChI=1S/C13H15ClN2O2S2/c1-3-16(11-7-5-4-6-10(11)15)20(17,18)12-8-9(2)13(14)19-12/h4-8H,3,15H2,1-2H3. The van der Waals surface area contributed by atoms with Gasteiger partial charge < -0.3 is 5.73 Å². The van der Waals surface area contributed by atoms with Crippen molar-refractivity contribution in [1.29, 1.82) is 0 Å². The molecular formula is C13H15ClN2O2S2. The summed E-state index contributed by atoms with van der Waals surface area (Å²) in [6.45, 7) is 3.85. The number of aryl methyl sites for hydroxylation is 1. The molecule has 4 nitrogen and oxygen atoms in total. The van der Waals surface area contributed by atoms with Gasteiger partial charge in [0.15, 0.2) is 0 Å². The monoisotopic (exact) mass is 330 g/mol. The van der Waals surface area contributed by atoms with Crippen LogP contribution in [0.4, 0.5) is 11.4 Å². The molecule has 0 unspecified atom stereocenters. The zero-order valence-electron chi connectivity index (χ0n) is 11.1. The van der Waals surface area contributed by atoms with E-state index in [2.05, 4.69) is 0 Å². The average molecular weight is 331 g/mol. The molecule has 7 heteroatoms. The van der Waals surface area contributed by atoms with Gasteiger partial charge in [0.25, 0.3) is 10.0 Å². The molecule has 2 rings (SSSR count). The SMILES string of the molecule is CCN(c1ccccc1N)S(=O)(=O)c1cc(C)c(Cl)s1. The van der Waals surface area contributed by atoms with Crippen molar-refractivity contribution in [3.8, 4) is 0 Å². The molecule has 0 saturated carbocycles. The summed E-state index contributed by atoms with van der Waals surface area (Å²) in [4.78, 5) is 0. The van der Waals surface area contributed by atoms with Gasteiger partial charge in [-0.15, -0.1) is 11.3 Å². The number of nitrogen functional groups attached to an aromatic ring is 1. The molecule has 20 heavy (non-hydrogen) atoms. The Morgan fingerprint density at radius 1 is 1.35 bits per heavy atom. The van der Waals surface area contributed by atoms with Gasteiger partial charge in [0.2, 0.25) is 0 Å². The molecule has 0 saturated heterocycles. The highest BCUT2D eigenvalue weighted by Crippen LogP contribution is 2.35. The van der Waals surface area contributed by atoms with E-state index in [0.29, 0.717) is 22.3 Å². The zero-order valence-corrected chi connectivity index (χ0v) is 13.5. The second-order valence-corrected chi connectivity index (χ2v) is 7.99. The number of hydrogen-bond donors (Lipinski definition) is 1. The van der Waals surface area contributed by atoms with Crippen LogP contribution < -0.4 is 10.0 Å². The van der Waals surface area contributed by atoms with Gasteiger partial charge in [0.1, 0.15) is 4.21 Å². The van der Waals surface area contributed by atoms with Crippen molar-refractivity contribution in [3.63, 3.8) is 0 Å². The number of anilines is 2. The van der Waals surface area contributed by atoms with Crippen LogP contribution in [0.25, 0.3) is 0 Å². The molecule has 0 spiro atoms. The Bertz CT molecular complexity index is 706. The lowest BCUT2D eigenvalue weighted by molar-refractivity contribution is 0.594. The molecule has 0 atom stereocenters. The fourth-order valence-corrected chi connectivity index (χ4v) is 5.17. The van der Waals surface area contributed by atoms with Crippen molar-refractivity contribution < 1.29 is 8.42 Å². The number of nitrogens with two attached hydrogens (primary N) is 1. The normalized spacial score (nSPS) is 11.6. The maximum atomic E-state index is 12.7. The third-order valence-corrected chi connectivity index (χ3v) is 6.76. The highest BCUT2D eigenvalue weighted by atomic mass is 35.5. The summed E-state index contributed by atoms with van der Waals surface area (Å²) in [5.41, 5.74) is 7.55. The van der Waals surface area contributed by atoms with Gasteiger partial charge in [-0.05, 0) is 37.6 Å². The van der Waals surface area contributed by atoms with Crippen LogP contribution in [0.5, 0.6) is 0 Å². The van der Waals surface area contributed by atoms with Crippen LogP contribution >= 0.6 is 22.9 Å². The largest absolute Gasteiger partial charge is 0.397 e. The molecule has 0 fully saturated rings. The summed E-state index contributed by atoms with van der Waals surface area (Å²) in [5.74, 6) is 0. The van der Waals surface area contributed by atoms with Crippen molar-refractivity contribution in [3.05, 3.63) is 40.2 Å². The Hall–Kier alpha value is -1.24. The van der Waals surface area contributed by atoms with Gasteiger partial charge in [0.05, 0.1) is 15.7 Å². The minimum atomic E-state index is -3.64. The van der Waals surface area contributed by atoms with E-state index < -0.39 is 10.0 Å². The quantitative estimate of drug-likeness (QED) is 0.872. The van der Waals surface area contributed by atoms with Crippen LogP contribution in [0.15, 0.2) is 34.5 Å². The van der Waals surface area contributed by atoms with Crippen LogP contribution in [-0.4, -0.2) is 15.0 Å². The lowest BCUT2D eigenvalue weighted by atomic mass is 10.3. The van der Waals surface area contributed by atoms with Crippen LogP contribution in [0.1, 0.15) is 12.5 Å². The first-order valence-electron chi connectivity index (χ1n) is 6.01. The van der Waals surface area contributed by atoms with Crippen molar-refractivity contribution in [2.45, 2.75) is 18.1 Å². The first-order chi connectivity index (χ1) is 9.37. The average Bonchev–Trinajstić information content (AvgIpc) is 2.73. The Kier molecular flexibility index (Phi) is 4.27. The summed E-state index contributed by atoms with van der Waals surface area (Å²) < 4.78 is 27.4. The fraction of sp³-hybridized carbons (Fsp3) is 0.231. The molecule has 2 N–H and O–H groups in total. The van der Waals surface area contributed by atoms with E-state index in [1.54, 1.807) is 44.2 Å². The maximum Gasteiger partial charge on any atom is 0.273 e. The lowest BCUT2D eigenvalue weighted by Crippen LogP contribution is -2.30. The van der Waals surface area contributed by atoms with Gasteiger partial charge in [0, 0.05) is 6.54 Å². The van der Waals surface area contributed by atoms with Crippen molar-refractivity contribution in [1.82, 2.24) is 0 Å². The van der Waals surface area contributed by atoms with Gasteiger partial charge in [-0.3, -0.25) is 4.31 Å². The summed E-state index contributed by atoms with van der Waals surface area (Å²) in [6.07, 6.45) is 0. The second-order valence-electron chi connectivity index (χ2n) is 4.25. The van der Waals surface area contributed by atoms with Gasteiger partial charge >= 0.3 is 0 Å². The summed E-state index contributed by atoms with van der Waals surface area (Å²) in [5, 5.41) is 0. The summed E-state index contributed by atoms with van der Waals surface area (Å²) in [7, 11) is -3.64. The Labute approximate surface area is 127 Å². The van der Waals surface area contributed by atoms with Crippen molar-refractivity contribution in [2.75, 3.05) is 16.6 Å². The summed E-state index contributed by atoms with van der Waals surface area (Å²) in [6, 6.07) is 8.49. The van der Waals surface area contributed by atoms with Gasteiger partial charge in [-0.25, -0.2) is 8.42 Å². The molecule has 1 aromatic heterocycles. The number of thiophene rings is 1. The third-order valence-electron chi connectivity index (χ3n) is 2.87. The fourth-order valence-electron chi connectivity index (χ4n) is 1.85. The molecule has 0 aliphatic carbocycles. The number of rotatable bonds is 4. The van der Waals surface area contributed by atoms with E-state index in [9.17, 15) is 8.42 Å². The molecule has 0 aliphatic heterocycles. The summed E-state index contributed by atoms with van der Waals surface area (Å²) >= 11 is 7.03. The number of nitrogens with zero attached hydrogens (tertiary/aromatic N) is 1. The number of halogens is 1. The van der Waals surface area contributed by atoms with E-state index in [1.165, 1.54) is 4.31 Å². The second kappa shape index (κ2) is 5.63. The predicted octanol–water partition coefficient (Wildman–Crippen LogP) is 3.51. The van der Waals surface area contributed by atoms with Crippen LogP contribution in [0.2, 0.25) is 4.34 Å². The molecule has 0 amide bonds. The molecular weight excluding hydrogens is 316 g/mol. The number of benzene rings is 1. The minimum Gasteiger partial charge on any atom is -0.397 e. The van der Waals surface area contributed by atoms with Crippen molar-refractivity contribution in [2.24, 2.45) is 0 Å². The number of sulfonamides is 1. The van der Waals surface area contributed by atoms with E-state index in [1.807, 2.05) is 0 Å². The molecule has 1 aromatic carbocycles. The zero-order chi connectivity index (χ0) is 14.9. The Morgan fingerprint density at radius 2 is 2.00 bits per heavy atom. The molecule has 1 heterocycles. The number of hydrogen-bond acceptors (Lipinski definition) is 4. The Balaban J connectivity index is 2.53. The van der Waals surface area contributed by atoms with Gasteiger partial charge in [-0.1, -0.05) is 23.7 Å². The smallest absolute Gasteiger partial charge is 0.273 e. The first-order valence-corrected chi connectivity index (χ1v) is 8.64. The molecule has 0 radical (unpaired) electrons. The topological polar surface area (TPSA) is 63.4 Å². The number of para-hydroxylation sites is 2. The minimum absolute atomic E-state index is 0.227. The van der Waals surface area contributed by atoms with Crippen LogP contribution in [0, 0.1) is 6.92 Å². The van der Waals surface area contributed by atoms with E-state index >= 15 is 0 Å². The van der Waals surface area contributed by atoms with Crippen LogP contribution in [-0.2, 0) is 10.0 Å². The van der Waals surface area contributed by atoms with Gasteiger partial charge in [-0.2, -0.15) is 0 Å². The van der Waals surface area contributed by atoms with E-state index in [4.69, 9.17) is 17.3 Å². The highest BCUT2D eigenvalue weighted by molar-refractivity contribution is 7.94. The lowest BCUT2D eigenvalue weighted by Gasteiger charge is -2.23. The predicted molar refractivity (Wildman–Crippen MR) is 85.1 cm³/mol.